The maximum atomic E-state index is 12.8. The smallest absolute Gasteiger partial charge is 0.253 e. The van der Waals surface area contributed by atoms with Crippen molar-refractivity contribution < 1.29 is 9.90 Å². The van der Waals surface area contributed by atoms with Gasteiger partial charge in [0.15, 0.2) is 0 Å². The molecule has 0 atom stereocenters. The van der Waals surface area contributed by atoms with Gasteiger partial charge in [0.2, 0.25) is 0 Å². The van der Waals surface area contributed by atoms with Crippen molar-refractivity contribution in [3.63, 3.8) is 0 Å². The molecule has 2 aromatic heterocycles. The van der Waals surface area contributed by atoms with Crippen molar-refractivity contribution in [1.82, 2.24) is 20.1 Å². The molecular weight excluding hydrogens is 330 g/mol. The molecule has 26 heavy (non-hydrogen) atoms. The number of benzene rings is 1. The summed E-state index contributed by atoms with van der Waals surface area (Å²) in [5.41, 5.74) is 2.02. The predicted octanol–water partition coefficient (Wildman–Crippen LogP) is 1.97. The number of hydrogen-bond acceptors (Lipinski definition) is 4. The molecule has 3 aromatic rings. The fourth-order valence-electron chi connectivity index (χ4n) is 3.57. The lowest BCUT2D eigenvalue weighted by Gasteiger charge is -2.38. The van der Waals surface area contributed by atoms with Crippen molar-refractivity contribution in [2.24, 2.45) is 0 Å². The quantitative estimate of drug-likeness (QED) is 0.671. The van der Waals surface area contributed by atoms with Gasteiger partial charge in [-0.1, -0.05) is 6.07 Å². The normalized spacial score (nSPS) is 16.5. The highest BCUT2D eigenvalue weighted by Gasteiger charge is 2.34. The summed E-state index contributed by atoms with van der Waals surface area (Å²) < 4.78 is 0. The molecule has 7 nitrogen and oxygen atoms in total. The summed E-state index contributed by atoms with van der Waals surface area (Å²) in [5.74, 6) is -0.0522. The molecule has 0 radical (unpaired) electrons. The minimum Gasteiger partial charge on any atom is -0.389 e. The lowest BCUT2D eigenvalue weighted by atomic mass is 9.87. The minimum absolute atomic E-state index is 0.0522. The summed E-state index contributed by atoms with van der Waals surface area (Å²) in [6.07, 6.45) is 4.89. The molecule has 4 rings (SSSR count). The van der Waals surface area contributed by atoms with Gasteiger partial charge in [0.05, 0.1) is 11.2 Å². The van der Waals surface area contributed by atoms with E-state index in [0.29, 0.717) is 43.5 Å². The Morgan fingerprint density at radius 2 is 2.15 bits per heavy atom. The van der Waals surface area contributed by atoms with Crippen LogP contribution in [0.2, 0.25) is 0 Å². The zero-order chi connectivity index (χ0) is 18.1. The van der Waals surface area contributed by atoms with Gasteiger partial charge in [-0.25, -0.2) is 0 Å². The zero-order valence-electron chi connectivity index (χ0n) is 14.2. The number of nitriles is 1. The standard InChI is InChI=1S/C19H19N5O2/c20-11-14-12-21-17-9-13(1-2-16(14)17)18(25)24-7-4-19(26,5-8-24)10-15-3-6-22-23-15/h1-3,6,9,12,21,26H,4-5,7-8,10H2,(H,22,23). The Kier molecular flexibility index (Phi) is 3.98. The van der Waals surface area contributed by atoms with Crippen LogP contribution in [0.25, 0.3) is 10.9 Å². The maximum Gasteiger partial charge on any atom is 0.253 e. The SMILES string of the molecule is N#Cc1c[nH]c2cc(C(=O)N3CCC(O)(Cc4ccn[nH]4)CC3)ccc12. The lowest BCUT2D eigenvalue weighted by molar-refractivity contribution is -0.0168. The van der Waals surface area contributed by atoms with Crippen molar-refractivity contribution in [1.29, 1.82) is 5.26 Å². The van der Waals surface area contributed by atoms with E-state index in [1.165, 1.54) is 0 Å². The average molecular weight is 349 g/mol. The molecule has 0 unspecified atom stereocenters. The summed E-state index contributed by atoms with van der Waals surface area (Å²) in [6.45, 7) is 1.02. The summed E-state index contributed by atoms with van der Waals surface area (Å²) in [6, 6.07) is 9.32. The van der Waals surface area contributed by atoms with Gasteiger partial charge in [-0.05, 0) is 31.0 Å². The number of hydrogen-bond donors (Lipinski definition) is 3. The second kappa shape index (κ2) is 6.32. The highest BCUT2D eigenvalue weighted by atomic mass is 16.3. The van der Waals surface area contributed by atoms with E-state index >= 15 is 0 Å². The van der Waals surface area contributed by atoms with Crippen LogP contribution in [0.15, 0.2) is 36.7 Å². The largest absolute Gasteiger partial charge is 0.389 e. The Hall–Kier alpha value is -3.11. The monoisotopic (exact) mass is 349 g/mol. The van der Waals surface area contributed by atoms with Crippen LogP contribution in [0.1, 0.15) is 34.5 Å². The number of fused-ring (bicyclic) bond motifs is 1. The van der Waals surface area contributed by atoms with E-state index in [4.69, 9.17) is 5.26 Å². The number of piperidine rings is 1. The van der Waals surface area contributed by atoms with Gasteiger partial charge in [-0.15, -0.1) is 0 Å². The molecule has 0 saturated carbocycles. The Morgan fingerprint density at radius 3 is 2.85 bits per heavy atom. The summed E-state index contributed by atoms with van der Waals surface area (Å²) in [5, 5.41) is 27.4. The lowest BCUT2D eigenvalue weighted by Crippen LogP contribution is -2.47. The molecule has 1 amide bonds. The van der Waals surface area contributed by atoms with E-state index in [9.17, 15) is 9.90 Å². The van der Waals surface area contributed by atoms with Gasteiger partial charge in [-0.3, -0.25) is 9.89 Å². The molecule has 0 bridgehead atoms. The first-order chi connectivity index (χ1) is 12.6. The molecule has 7 heteroatoms. The Balaban J connectivity index is 1.46. The highest BCUT2D eigenvalue weighted by molar-refractivity contribution is 5.99. The van der Waals surface area contributed by atoms with Crippen LogP contribution in [0, 0.1) is 11.3 Å². The number of aromatic nitrogens is 3. The van der Waals surface area contributed by atoms with E-state index in [1.54, 1.807) is 35.5 Å². The van der Waals surface area contributed by atoms with Crippen molar-refractivity contribution in [3.05, 3.63) is 53.5 Å². The predicted molar refractivity (Wildman–Crippen MR) is 95.4 cm³/mol. The number of aliphatic hydroxyl groups is 1. The first kappa shape index (κ1) is 16.4. The minimum atomic E-state index is -0.811. The van der Waals surface area contributed by atoms with Crippen molar-refractivity contribution in [2.75, 3.05) is 13.1 Å². The van der Waals surface area contributed by atoms with Gasteiger partial charge in [0.1, 0.15) is 6.07 Å². The Morgan fingerprint density at radius 1 is 1.35 bits per heavy atom. The molecule has 0 aliphatic carbocycles. The van der Waals surface area contributed by atoms with Crippen molar-refractivity contribution in [2.45, 2.75) is 24.9 Å². The van der Waals surface area contributed by atoms with Crippen molar-refractivity contribution in [3.8, 4) is 6.07 Å². The average Bonchev–Trinajstić information content (AvgIpc) is 3.30. The van der Waals surface area contributed by atoms with E-state index in [-0.39, 0.29) is 5.91 Å². The van der Waals surface area contributed by atoms with Gasteiger partial charge < -0.3 is 15.0 Å². The maximum absolute atomic E-state index is 12.8. The van der Waals surface area contributed by atoms with Crippen LogP contribution in [-0.4, -0.2) is 49.8 Å². The van der Waals surface area contributed by atoms with Gasteiger partial charge in [0, 0.05) is 54.1 Å². The summed E-state index contributed by atoms with van der Waals surface area (Å²) in [4.78, 5) is 17.6. The molecular formula is C19H19N5O2. The van der Waals surface area contributed by atoms with E-state index in [1.807, 2.05) is 6.07 Å². The number of rotatable bonds is 3. The van der Waals surface area contributed by atoms with Crippen LogP contribution < -0.4 is 0 Å². The molecule has 1 fully saturated rings. The summed E-state index contributed by atoms with van der Waals surface area (Å²) >= 11 is 0. The molecule has 132 valence electrons. The topological polar surface area (TPSA) is 109 Å². The molecule has 1 aliphatic heterocycles. The third-order valence-corrected chi connectivity index (χ3v) is 5.11. The second-order valence-corrected chi connectivity index (χ2v) is 6.85. The number of H-pyrrole nitrogens is 2. The number of nitrogens with zero attached hydrogens (tertiary/aromatic N) is 3. The Labute approximate surface area is 150 Å². The third-order valence-electron chi connectivity index (χ3n) is 5.11. The first-order valence-corrected chi connectivity index (χ1v) is 8.59. The molecule has 0 spiro atoms. The number of amides is 1. The molecule has 1 aromatic carbocycles. The second-order valence-electron chi connectivity index (χ2n) is 6.85. The Bertz CT molecular complexity index is 975. The molecule has 1 aliphatic rings. The van der Waals surface area contributed by atoms with Crippen LogP contribution in [0.5, 0.6) is 0 Å². The van der Waals surface area contributed by atoms with Crippen molar-refractivity contribution >= 4 is 16.8 Å². The van der Waals surface area contributed by atoms with Gasteiger partial charge in [-0.2, -0.15) is 10.4 Å². The number of nitrogens with one attached hydrogen (secondary N) is 2. The van der Waals surface area contributed by atoms with E-state index in [0.717, 1.165) is 16.6 Å². The van der Waals surface area contributed by atoms with Crippen LogP contribution >= 0.6 is 0 Å². The van der Waals surface area contributed by atoms with Gasteiger partial charge >= 0.3 is 0 Å². The zero-order valence-corrected chi connectivity index (χ0v) is 14.2. The molecule has 3 heterocycles. The fraction of sp³-hybridized carbons (Fsp3) is 0.316. The number of likely N-dealkylation sites (tertiary alicyclic amines) is 1. The van der Waals surface area contributed by atoms with Crippen LogP contribution in [-0.2, 0) is 6.42 Å². The number of carbonyl (C=O) groups is 1. The van der Waals surface area contributed by atoms with Gasteiger partial charge in [0.25, 0.3) is 5.91 Å². The molecule has 3 N–H and O–H groups in total. The fourth-order valence-corrected chi connectivity index (χ4v) is 3.57. The van der Waals surface area contributed by atoms with Crippen LogP contribution in [0.3, 0.4) is 0 Å². The first-order valence-electron chi connectivity index (χ1n) is 8.59. The van der Waals surface area contributed by atoms with Crippen LogP contribution in [0.4, 0.5) is 0 Å². The third kappa shape index (κ3) is 2.95. The number of aromatic amines is 2. The molecule has 1 saturated heterocycles. The van der Waals surface area contributed by atoms with E-state index in [2.05, 4.69) is 21.3 Å². The number of carbonyl (C=O) groups excluding carboxylic acids is 1. The summed E-state index contributed by atoms with van der Waals surface area (Å²) in [7, 11) is 0. The van der Waals surface area contributed by atoms with E-state index < -0.39 is 5.60 Å². The highest BCUT2D eigenvalue weighted by Crippen LogP contribution is 2.27.